The third-order valence-electron chi connectivity index (χ3n) is 3.34. The fraction of sp³-hybridized carbons (Fsp3) is 0.571. The first-order valence-corrected chi connectivity index (χ1v) is 7.66. The summed E-state index contributed by atoms with van der Waals surface area (Å²) in [6, 6.07) is -1.84. The summed E-state index contributed by atoms with van der Waals surface area (Å²) < 4.78 is 0. The first kappa shape index (κ1) is 19.6. The van der Waals surface area contributed by atoms with Gasteiger partial charge in [0.15, 0.2) is 0 Å². The van der Waals surface area contributed by atoms with Crippen LogP contribution in [0, 0.1) is 0 Å². The molecule has 1 rings (SSSR count). The average Bonchev–Trinajstić information content (AvgIpc) is 3.05. The minimum atomic E-state index is -1.18. The van der Waals surface area contributed by atoms with Gasteiger partial charge in [-0.3, -0.25) is 9.59 Å². The number of carboxylic acid groups (broad SMARTS) is 1. The lowest BCUT2D eigenvalue weighted by Crippen LogP contribution is -2.49. The van der Waals surface area contributed by atoms with Crippen LogP contribution in [0.2, 0.25) is 0 Å². The summed E-state index contributed by atoms with van der Waals surface area (Å²) in [5, 5.41) is 13.9. The van der Waals surface area contributed by atoms with E-state index in [2.05, 4.69) is 20.6 Å². The highest BCUT2D eigenvalue weighted by Gasteiger charge is 2.21. The van der Waals surface area contributed by atoms with Crippen LogP contribution in [0.25, 0.3) is 0 Å². The van der Waals surface area contributed by atoms with Crippen molar-refractivity contribution in [3.8, 4) is 0 Å². The van der Waals surface area contributed by atoms with Crippen molar-refractivity contribution >= 4 is 17.8 Å². The Bertz CT molecular complexity index is 533. The predicted molar refractivity (Wildman–Crippen MR) is 85.7 cm³/mol. The number of nitrogens with one attached hydrogen (secondary N) is 3. The Morgan fingerprint density at radius 2 is 2.08 bits per heavy atom. The number of aromatic amines is 1. The van der Waals surface area contributed by atoms with Gasteiger partial charge in [-0.05, 0) is 19.4 Å². The molecule has 0 aromatic carbocycles. The molecule has 8 N–H and O–H groups in total. The molecule has 0 aliphatic heterocycles. The zero-order valence-corrected chi connectivity index (χ0v) is 13.3. The summed E-state index contributed by atoms with van der Waals surface area (Å²) in [7, 11) is 0. The zero-order chi connectivity index (χ0) is 17.9. The Balaban J connectivity index is 2.37. The number of aliphatic carboxylic acids is 1. The Hall–Kier alpha value is -2.46. The number of carbonyl (C=O) groups is 3. The highest BCUT2D eigenvalue weighted by atomic mass is 16.4. The van der Waals surface area contributed by atoms with E-state index >= 15 is 0 Å². The van der Waals surface area contributed by atoms with Gasteiger partial charge in [0, 0.05) is 18.3 Å². The number of nitrogens with zero attached hydrogens (tertiary/aromatic N) is 1. The summed E-state index contributed by atoms with van der Waals surface area (Å²) in [5.41, 5.74) is 11.6. The van der Waals surface area contributed by atoms with Gasteiger partial charge in [-0.1, -0.05) is 6.42 Å². The summed E-state index contributed by atoms with van der Waals surface area (Å²) in [5.74, 6) is -2.24. The van der Waals surface area contributed by atoms with E-state index < -0.39 is 29.9 Å². The lowest BCUT2D eigenvalue weighted by molar-refractivity contribution is -0.141. The fourth-order valence-corrected chi connectivity index (χ4v) is 2.00. The van der Waals surface area contributed by atoms with Gasteiger partial charge in [-0.15, -0.1) is 0 Å². The van der Waals surface area contributed by atoms with Crippen LogP contribution in [0.5, 0.6) is 0 Å². The van der Waals surface area contributed by atoms with Crippen LogP contribution in [0.3, 0.4) is 0 Å². The number of hydrogen-bond acceptors (Lipinski definition) is 6. The van der Waals surface area contributed by atoms with Gasteiger partial charge < -0.3 is 32.2 Å². The second-order valence-corrected chi connectivity index (χ2v) is 5.35. The van der Waals surface area contributed by atoms with Gasteiger partial charge in [0.25, 0.3) is 0 Å². The number of nitrogens with two attached hydrogens (primary N) is 2. The molecular formula is C14H24N6O4. The molecular weight excluding hydrogens is 316 g/mol. The number of amides is 2. The summed E-state index contributed by atoms with van der Waals surface area (Å²) in [4.78, 5) is 41.3. The molecule has 2 atom stereocenters. The van der Waals surface area contributed by atoms with Crippen LogP contribution < -0.4 is 22.1 Å². The topological polar surface area (TPSA) is 176 Å². The molecule has 10 nitrogen and oxygen atoms in total. The standard InChI is InChI=1S/C14H24N6O4/c15-4-2-1-3-10(16)13(22)18-7-12(21)20-11(14(23)24)5-9-6-17-8-19-9/h6,8,10-11H,1-5,7,15-16H2,(H,17,19)(H,18,22)(H,20,21)(H,23,24)/t10-,11+/m1/s1. The molecule has 10 heteroatoms. The SMILES string of the molecule is NCCCC[C@@H](N)C(=O)NCC(=O)N[C@@H](Cc1cnc[nH]1)C(=O)O. The Morgan fingerprint density at radius 1 is 1.33 bits per heavy atom. The van der Waals surface area contributed by atoms with Crippen molar-refractivity contribution in [1.82, 2.24) is 20.6 Å². The molecule has 134 valence electrons. The summed E-state index contributed by atoms with van der Waals surface area (Å²) >= 11 is 0. The van der Waals surface area contributed by atoms with E-state index in [0.717, 1.165) is 12.8 Å². The molecule has 0 bridgehead atoms. The Kier molecular flexibility index (Phi) is 8.44. The van der Waals surface area contributed by atoms with Gasteiger partial charge in [-0.2, -0.15) is 0 Å². The van der Waals surface area contributed by atoms with Crippen molar-refractivity contribution in [2.45, 2.75) is 37.8 Å². The summed E-state index contributed by atoms with van der Waals surface area (Å²) in [6.45, 7) is 0.194. The van der Waals surface area contributed by atoms with Crippen LogP contribution in [-0.4, -0.2) is 58.0 Å². The highest BCUT2D eigenvalue weighted by Crippen LogP contribution is 1.99. The molecule has 0 fully saturated rings. The number of aromatic nitrogens is 2. The van der Waals surface area contributed by atoms with Gasteiger partial charge in [0.2, 0.25) is 11.8 Å². The molecule has 0 aliphatic rings. The van der Waals surface area contributed by atoms with Crippen LogP contribution >= 0.6 is 0 Å². The number of H-pyrrole nitrogens is 1. The molecule has 1 aromatic heterocycles. The molecule has 2 amide bonds. The van der Waals surface area contributed by atoms with Crippen molar-refractivity contribution in [2.24, 2.45) is 11.5 Å². The lowest BCUT2D eigenvalue weighted by Gasteiger charge is -2.15. The minimum Gasteiger partial charge on any atom is -0.480 e. The molecule has 24 heavy (non-hydrogen) atoms. The molecule has 1 heterocycles. The number of unbranched alkanes of at least 4 members (excludes halogenated alkanes) is 1. The van der Waals surface area contributed by atoms with E-state index in [1.807, 2.05) is 0 Å². The molecule has 0 saturated heterocycles. The van der Waals surface area contributed by atoms with Crippen molar-refractivity contribution < 1.29 is 19.5 Å². The number of rotatable bonds is 11. The Labute approximate surface area is 139 Å². The lowest BCUT2D eigenvalue weighted by atomic mass is 10.1. The van der Waals surface area contributed by atoms with E-state index in [0.29, 0.717) is 18.7 Å². The number of hydrogen-bond donors (Lipinski definition) is 6. The minimum absolute atomic E-state index is 0.0631. The zero-order valence-electron chi connectivity index (χ0n) is 13.3. The molecule has 0 radical (unpaired) electrons. The van der Waals surface area contributed by atoms with Crippen LogP contribution in [-0.2, 0) is 20.8 Å². The predicted octanol–water partition coefficient (Wildman–Crippen LogP) is -1.91. The maximum Gasteiger partial charge on any atom is 0.326 e. The van der Waals surface area contributed by atoms with E-state index in [-0.39, 0.29) is 13.0 Å². The van der Waals surface area contributed by atoms with E-state index in [1.54, 1.807) is 0 Å². The fourth-order valence-electron chi connectivity index (χ4n) is 2.00. The smallest absolute Gasteiger partial charge is 0.326 e. The average molecular weight is 340 g/mol. The third kappa shape index (κ3) is 7.20. The molecule has 0 saturated carbocycles. The maximum absolute atomic E-state index is 11.8. The highest BCUT2D eigenvalue weighted by molar-refractivity contribution is 5.89. The molecule has 0 spiro atoms. The second kappa shape index (κ2) is 10.3. The van der Waals surface area contributed by atoms with E-state index in [9.17, 15) is 14.4 Å². The van der Waals surface area contributed by atoms with Crippen molar-refractivity contribution in [1.29, 1.82) is 0 Å². The third-order valence-corrected chi connectivity index (χ3v) is 3.34. The van der Waals surface area contributed by atoms with Crippen LogP contribution in [0.1, 0.15) is 25.0 Å². The first-order valence-electron chi connectivity index (χ1n) is 7.66. The van der Waals surface area contributed by atoms with Crippen LogP contribution in [0.15, 0.2) is 12.5 Å². The normalized spacial score (nSPS) is 13.1. The second-order valence-electron chi connectivity index (χ2n) is 5.35. The van der Waals surface area contributed by atoms with Gasteiger partial charge >= 0.3 is 5.97 Å². The van der Waals surface area contributed by atoms with Crippen molar-refractivity contribution in [2.75, 3.05) is 13.1 Å². The largest absolute Gasteiger partial charge is 0.480 e. The van der Waals surface area contributed by atoms with Gasteiger partial charge in [-0.25, -0.2) is 9.78 Å². The summed E-state index contributed by atoms with van der Waals surface area (Å²) in [6.07, 6.45) is 4.93. The number of carboxylic acids is 1. The molecule has 0 aliphatic carbocycles. The first-order chi connectivity index (χ1) is 11.4. The monoisotopic (exact) mass is 340 g/mol. The number of imidazole rings is 1. The van der Waals surface area contributed by atoms with E-state index in [4.69, 9.17) is 16.6 Å². The molecule has 1 aromatic rings. The van der Waals surface area contributed by atoms with E-state index in [1.165, 1.54) is 12.5 Å². The molecule has 0 unspecified atom stereocenters. The van der Waals surface area contributed by atoms with Crippen molar-refractivity contribution in [3.63, 3.8) is 0 Å². The van der Waals surface area contributed by atoms with Gasteiger partial charge in [0.1, 0.15) is 6.04 Å². The quantitative estimate of drug-likeness (QED) is 0.255. The maximum atomic E-state index is 11.8. The van der Waals surface area contributed by atoms with Gasteiger partial charge in [0.05, 0.1) is 18.9 Å². The number of carbonyl (C=O) groups excluding carboxylic acids is 2. The van der Waals surface area contributed by atoms with Crippen molar-refractivity contribution in [3.05, 3.63) is 18.2 Å². The Morgan fingerprint density at radius 3 is 2.67 bits per heavy atom. The van der Waals surface area contributed by atoms with Crippen LogP contribution in [0.4, 0.5) is 0 Å².